The van der Waals surface area contributed by atoms with E-state index in [1.165, 1.54) is 26.4 Å². The minimum absolute atomic E-state index is 0.00637. The number of carbonyl (C=O) groups is 3. The number of thiazole rings is 1. The Morgan fingerprint density at radius 1 is 1.27 bits per heavy atom. The summed E-state index contributed by atoms with van der Waals surface area (Å²) in [5.74, 6) is -1.46. The smallest absolute Gasteiger partial charge is 0.342 e. The number of amides is 1. The van der Waals surface area contributed by atoms with Crippen molar-refractivity contribution in [1.82, 2.24) is 4.98 Å². The summed E-state index contributed by atoms with van der Waals surface area (Å²) in [5.41, 5.74) is 0.584. The van der Waals surface area contributed by atoms with Crippen LogP contribution < -0.4 is 10.1 Å². The van der Waals surface area contributed by atoms with Crippen molar-refractivity contribution in [2.75, 3.05) is 26.1 Å². The molecule has 2 rings (SSSR count). The Bertz CT molecular complexity index is 823. The molecule has 138 valence electrons. The van der Waals surface area contributed by atoms with Crippen LogP contribution in [0.2, 0.25) is 5.02 Å². The largest absolute Gasteiger partial charge is 0.496 e. The highest BCUT2D eigenvalue weighted by atomic mass is 35.5. The summed E-state index contributed by atoms with van der Waals surface area (Å²) in [6.45, 7) is -0.513. The van der Waals surface area contributed by atoms with Gasteiger partial charge in [-0.1, -0.05) is 11.6 Å². The van der Waals surface area contributed by atoms with Crippen LogP contribution in [-0.4, -0.2) is 43.7 Å². The highest BCUT2D eigenvalue weighted by molar-refractivity contribution is 7.13. The van der Waals surface area contributed by atoms with E-state index in [0.29, 0.717) is 10.7 Å². The molecule has 1 amide bonds. The van der Waals surface area contributed by atoms with Gasteiger partial charge in [0.1, 0.15) is 11.3 Å². The van der Waals surface area contributed by atoms with Crippen molar-refractivity contribution in [2.24, 2.45) is 0 Å². The molecule has 0 aliphatic heterocycles. The summed E-state index contributed by atoms with van der Waals surface area (Å²) in [6, 6.07) is 4.48. The number of methoxy groups -OCH3 is 2. The first kappa shape index (κ1) is 19.7. The van der Waals surface area contributed by atoms with Gasteiger partial charge in [-0.05, 0) is 18.2 Å². The molecule has 10 heteroatoms. The number of anilines is 1. The summed E-state index contributed by atoms with van der Waals surface area (Å²) >= 11 is 6.99. The third kappa shape index (κ3) is 5.43. The van der Waals surface area contributed by atoms with Crippen LogP contribution in [0.4, 0.5) is 5.13 Å². The van der Waals surface area contributed by atoms with Crippen LogP contribution >= 0.6 is 22.9 Å². The fourth-order valence-electron chi connectivity index (χ4n) is 1.87. The SMILES string of the molecule is COC(=O)Cc1csc(NC(=O)COC(=O)c2cc(Cl)ccc2OC)n1. The minimum atomic E-state index is -0.745. The van der Waals surface area contributed by atoms with E-state index in [0.717, 1.165) is 11.3 Å². The molecule has 8 nitrogen and oxygen atoms in total. The Hall–Kier alpha value is -2.65. The first-order valence-electron chi connectivity index (χ1n) is 7.24. The number of rotatable bonds is 7. The van der Waals surface area contributed by atoms with E-state index in [2.05, 4.69) is 15.0 Å². The number of halogens is 1. The Morgan fingerprint density at radius 2 is 2.04 bits per heavy atom. The number of benzene rings is 1. The lowest BCUT2D eigenvalue weighted by atomic mass is 10.2. The number of aromatic nitrogens is 1. The average molecular weight is 399 g/mol. The molecule has 0 spiro atoms. The Kier molecular flexibility index (Phi) is 6.93. The molecule has 26 heavy (non-hydrogen) atoms. The first-order chi connectivity index (χ1) is 12.4. The van der Waals surface area contributed by atoms with E-state index in [-0.39, 0.29) is 22.9 Å². The van der Waals surface area contributed by atoms with Gasteiger partial charge in [-0.25, -0.2) is 9.78 Å². The number of nitrogens with one attached hydrogen (secondary N) is 1. The van der Waals surface area contributed by atoms with Gasteiger partial charge in [0.25, 0.3) is 5.91 Å². The Morgan fingerprint density at radius 3 is 2.73 bits per heavy atom. The lowest BCUT2D eigenvalue weighted by Gasteiger charge is -2.09. The molecule has 0 radical (unpaired) electrons. The maximum atomic E-state index is 12.1. The Labute approximate surface area is 158 Å². The number of carbonyl (C=O) groups excluding carboxylic acids is 3. The monoisotopic (exact) mass is 398 g/mol. The number of esters is 2. The summed E-state index contributed by atoms with van der Waals surface area (Å²) in [7, 11) is 2.68. The maximum absolute atomic E-state index is 12.1. The van der Waals surface area contributed by atoms with Crippen molar-refractivity contribution < 1.29 is 28.6 Å². The van der Waals surface area contributed by atoms with E-state index < -0.39 is 24.5 Å². The van der Waals surface area contributed by atoms with Crippen molar-refractivity contribution in [3.05, 3.63) is 39.9 Å². The van der Waals surface area contributed by atoms with E-state index in [9.17, 15) is 14.4 Å². The quantitative estimate of drug-likeness (QED) is 0.713. The van der Waals surface area contributed by atoms with Crippen LogP contribution in [-0.2, 0) is 25.5 Å². The third-order valence-electron chi connectivity index (χ3n) is 3.07. The number of nitrogens with zero attached hydrogens (tertiary/aromatic N) is 1. The zero-order valence-corrected chi connectivity index (χ0v) is 15.5. The van der Waals surface area contributed by atoms with Gasteiger partial charge < -0.3 is 14.2 Å². The van der Waals surface area contributed by atoms with Crippen molar-refractivity contribution in [1.29, 1.82) is 0 Å². The number of hydrogen-bond donors (Lipinski definition) is 1. The van der Waals surface area contributed by atoms with Crippen LogP contribution in [0.1, 0.15) is 16.1 Å². The predicted octanol–water partition coefficient (Wildman–Crippen LogP) is 2.32. The van der Waals surface area contributed by atoms with Gasteiger partial charge in [-0.15, -0.1) is 11.3 Å². The van der Waals surface area contributed by atoms with E-state index in [4.69, 9.17) is 21.1 Å². The molecule has 1 aromatic carbocycles. The van der Waals surface area contributed by atoms with Crippen molar-refractivity contribution in [3.8, 4) is 5.75 Å². The molecule has 0 aliphatic rings. The van der Waals surface area contributed by atoms with Gasteiger partial charge in [-0.2, -0.15) is 0 Å². The van der Waals surface area contributed by atoms with Gasteiger partial charge in [0.15, 0.2) is 11.7 Å². The molecule has 1 aromatic heterocycles. The summed E-state index contributed by atoms with van der Waals surface area (Å²) < 4.78 is 14.6. The van der Waals surface area contributed by atoms with E-state index >= 15 is 0 Å². The lowest BCUT2D eigenvalue weighted by Crippen LogP contribution is -2.21. The molecular weight excluding hydrogens is 384 g/mol. The molecule has 1 heterocycles. The van der Waals surface area contributed by atoms with Gasteiger partial charge in [0, 0.05) is 10.4 Å². The fourth-order valence-corrected chi connectivity index (χ4v) is 2.77. The van der Waals surface area contributed by atoms with E-state index in [1.54, 1.807) is 11.4 Å². The molecule has 0 atom stereocenters. The molecule has 0 unspecified atom stereocenters. The third-order valence-corrected chi connectivity index (χ3v) is 4.11. The average Bonchev–Trinajstić information content (AvgIpc) is 3.06. The molecule has 0 saturated carbocycles. The second-order valence-corrected chi connectivity index (χ2v) is 6.16. The summed E-state index contributed by atoms with van der Waals surface area (Å²) in [4.78, 5) is 39.2. The first-order valence-corrected chi connectivity index (χ1v) is 8.50. The highest BCUT2D eigenvalue weighted by Crippen LogP contribution is 2.23. The van der Waals surface area contributed by atoms with Crippen LogP contribution in [0.25, 0.3) is 0 Å². The number of ether oxygens (including phenoxy) is 3. The summed E-state index contributed by atoms with van der Waals surface area (Å²) in [6.07, 6.45) is 0.00637. The topological polar surface area (TPSA) is 104 Å². The molecular formula is C16H15ClN2O6S. The molecule has 0 bridgehead atoms. The maximum Gasteiger partial charge on any atom is 0.342 e. The molecule has 0 saturated heterocycles. The van der Waals surface area contributed by atoms with Gasteiger partial charge in [0.2, 0.25) is 0 Å². The van der Waals surface area contributed by atoms with Crippen molar-refractivity contribution >= 4 is 45.9 Å². The molecule has 2 aromatic rings. The van der Waals surface area contributed by atoms with Crippen molar-refractivity contribution in [3.63, 3.8) is 0 Å². The highest BCUT2D eigenvalue weighted by Gasteiger charge is 2.17. The van der Waals surface area contributed by atoms with Crippen LogP contribution in [0.5, 0.6) is 5.75 Å². The molecule has 1 N–H and O–H groups in total. The molecule has 0 fully saturated rings. The minimum Gasteiger partial charge on any atom is -0.496 e. The van der Waals surface area contributed by atoms with Gasteiger partial charge in [-0.3, -0.25) is 14.9 Å². The second kappa shape index (κ2) is 9.16. The van der Waals surface area contributed by atoms with Crippen LogP contribution in [0, 0.1) is 0 Å². The fraction of sp³-hybridized carbons (Fsp3) is 0.250. The number of hydrogen-bond acceptors (Lipinski definition) is 8. The van der Waals surface area contributed by atoms with Crippen LogP contribution in [0.15, 0.2) is 23.6 Å². The van der Waals surface area contributed by atoms with Gasteiger partial charge >= 0.3 is 11.9 Å². The molecule has 0 aliphatic carbocycles. The lowest BCUT2D eigenvalue weighted by molar-refractivity contribution is -0.139. The normalized spacial score (nSPS) is 10.1. The van der Waals surface area contributed by atoms with E-state index in [1.807, 2.05) is 0 Å². The second-order valence-electron chi connectivity index (χ2n) is 4.87. The van der Waals surface area contributed by atoms with Crippen molar-refractivity contribution in [2.45, 2.75) is 6.42 Å². The Balaban J connectivity index is 1.90. The predicted molar refractivity (Wildman–Crippen MR) is 94.8 cm³/mol. The van der Waals surface area contributed by atoms with Gasteiger partial charge in [0.05, 0.1) is 26.3 Å². The summed E-state index contributed by atoms with van der Waals surface area (Å²) in [5, 5.41) is 4.72. The standard InChI is InChI=1S/C16H15ClN2O6S/c1-23-12-4-3-9(17)5-11(12)15(22)25-7-13(20)19-16-18-10(8-26-16)6-14(21)24-2/h3-5,8H,6-7H2,1-2H3,(H,18,19,20). The van der Waals surface area contributed by atoms with Crippen LogP contribution in [0.3, 0.4) is 0 Å². The zero-order chi connectivity index (χ0) is 19.1. The zero-order valence-electron chi connectivity index (χ0n) is 13.9.